The van der Waals surface area contributed by atoms with E-state index in [1.165, 1.54) is 0 Å². The van der Waals surface area contributed by atoms with Crippen LogP contribution in [0, 0.1) is 13.8 Å². The van der Waals surface area contributed by atoms with E-state index in [4.69, 9.17) is 0 Å². The molecule has 1 aliphatic rings. The van der Waals surface area contributed by atoms with Crippen molar-refractivity contribution >= 4 is 11.7 Å². The summed E-state index contributed by atoms with van der Waals surface area (Å²) in [7, 11) is 0. The fourth-order valence-corrected chi connectivity index (χ4v) is 3.92. The highest BCUT2D eigenvalue weighted by Crippen LogP contribution is 2.26. The third kappa shape index (κ3) is 4.50. The maximum atomic E-state index is 13.3. The first-order valence-corrected chi connectivity index (χ1v) is 10.2. The van der Waals surface area contributed by atoms with Crippen LogP contribution in [0.3, 0.4) is 0 Å². The lowest BCUT2D eigenvalue weighted by molar-refractivity contribution is -0.137. The number of piperazine rings is 1. The largest absolute Gasteiger partial charge is 0.354 e. The van der Waals surface area contributed by atoms with Gasteiger partial charge in [0.2, 0.25) is 5.91 Å². The second-order valence-electron chi connectivity index (χ2n) is 7.26. The molecule has 1 amide bonds. The molecular weight excluding hydrogens is 350 g/mol. The van der Waals surface area contributed by atoms with E-state index in [9.17, 15) is 4.79 Å². The number of anilines is 1. The zero-order chi connectivity index (χ0) is 20.1. The number of aryl methyl sites for hydroxylation is 2. The highest BCUT2D eigenvalue weighted by atomic mass is 16.2. The van der Waals surface area contributed by atoms with Crippen LogP contribution < -0.4 is 4.90 Å². The Hall–Kier alpha value is -2.47. The van der Waals surface area contributed by atoms with Crippen molar-refractivity contribution in [2.45, 2.75) is 33.7 Å². The lowest BCUT2D eigenvalue weighted by Crippen LogP contribution is -2.52. The molecule has 0 bridgehead atoms. The molecule has 1 aromatic heterocycles. The topological polar surface area (TPSA) is 52.6 Å². The number of carbonyl (C=O) groups excluding carboxylic acids is 1. The van der Waals surface area contributed by atoms with Crippen molar-refractivity contribution < 1.29 is 4.79 Å². The molecule has 0 spiro atoms. The van der Waals surface area contributed by atoms with Gasteiger partial charge in [-0.2, -0.15) is 0 Å². The van der Waals surface area contributed by atoms with Crippen molar-refractivity contribution in [3.05, 3.63) is 53.5 Å². The summed E-state index contributed by atoms with van der Waals surface area (Å²) in [4.78, 5) is 28.8. The quantitative estimate of drug-likeness (QED) is 0.770. The van der Waals surface area contributed by atoms with E-state index in [1.807, 2.05) is 56.9 Å². The molecular formula is C22H31N5O. The first kappa shape index (κ1) is 20.3. The molecule has 1 unspecified atom stereocenters. The van der Waals surface area contributed by atoms with Crippen molar-refractivity contribution in [1.82, 2.24) is 19.8 Å². The van der Waals surface area contributed by atoms with Crippen molar-refractivity contribution in [2.24, 2.45) is 0 Å². The lowest BCUT2D eigenvalue weighted by Gasteiger charge is -2.40. The molecule has 0 saturated carbocycles. The lowest BCUT2D eigenvalue weighted by atomic mass is 10.0. The van der Waals surface area contributed by atoms with E-state index in [2.05, 4.69) is 31.9 Å². The summed E-state index contributed by atoms with van der Waals surface area (Å²) in [5, 5.41) is 0. The third-order valence-corrected chi connectivity index (χ3v) is 5.38. The van der Waals surface area contributed by atoms with Crippen LogP contribution in [0.5, 0.6) is 0 Å². The second kappa shape index (κ2) is 9.15. The highest BCUT2D eigenvalue weighted by molar-refractivity contribution is 5.83. The highest BCUT2D eigenvalue weighted by Gasteiger charge is 2.32. The average Bonchev–Trinajstić information content (AvgIpc) is 2.70. The molecule has 150 valence electrons. The Labute approximate surface area is 168 Å². The van der Waals surface area contributed by atoms with Crippen LogP contribution in [-0.2, 0) is 4.79 Å². The molecule has 0 N–H and O–H groups in total. The Kier molecular flexibility index (Phi) is 6.62. The zero-order valence-corrected chi connectivity index (χ0v) is 17.4. The normalized spacial score (nSPS) is 16.1. The fraction of sp³-hybridized carbons (Fsp3) is 0.500. The molecule has 0 aliphatic carbocycles. The summed E-state index contributed by atoms with van der Waals surface area (Å²) in [6.07, 6.45) is 0. The number of nitrogens with zero attached hydrogens (tertiary/aromatic N) is 5. The van der Waals surface area contributed by atoms with E-state index in [-0.39, 0.29) is 11.9 Å². The van der Waals surface area contributed by atoms with Gasteiger partial charge in [-0.3, -0.25) is 9.69 Å². The summed E-state index contributed by atoms with van der Waals surface area (Å²) >= 11 is 0. The van der Waals surface area contributed by atoms with E-state index < -0.39 is 0 Å². The number of aromatic nitrogens is 2. The van der Waals surface area contributed by atoms with Crippen LogP contribution in [0.25, 0.3) is 0 Å². The minimum atomic E-state index is -0.225. The number of carbonyl (C=O) groups is 1. The van der Waals surface area contributed by atoms with Crippen molar-refractivity contribution in [3.63, 3.8) is 0 Å². The summed E-state index contributed by atoms with van der Waals surface area (Å²) < 4.78 is 0. The van der Waals surface area contributed by atoms with Crippen LogP contribution in [0.2, 0.25) is 0 Å². The van der Waals surface area contributed by atoms with E-state index in [1.54, 1.807) is 0 Å². The van der Waals surface area contributed by atoms with Crippen LogP contribution >= 0.6 is 0 Å². The molecule has 1 aliphatic heterocycles. The van der Waals surface area contributed by atoms with Crippen LogP contribution in [0.15, 0.2) is 36.4 Å². The number of rotatable bonds is 6. The predicted molar refractivity (Wildman–Crippen MR) is 112 cm³/mol. The van der Waals surface area contributed by atoms with Gasteiger partial charge in [0.25, 0.3) is 0 Å². The molecule has 1 saturated heterocycles. The molecule has 28 heavy (non-hydrogen) atoms. The molecule has 2 heterocycles. The smallest absolute Gasteiger partial charge is 0.244 e. The molecule has 6 heteroatoms. The Bertz CT molecular complexity index is 763. The molecule has 2 aromatic rings. The van der Waals surface area contributed by atoms with Gasteiger partial charge in [-0.05, 0) is 33.3 Å². The molecule has 1 fully saturated rings. The summed E-state index contributed by atoms with van der Waals surface area (Å²) in [5.41, 5.74) is 2.06. The average molecular weight is 382 g/mol. The second-order valence-corrected chi connectivity index (χ2v) is 7.26. The monoisotopic (exact) mass is 381 g/mol. The molecule has 3 rings (SSSR count). The van der Waals surface area contributed by atoms with E-state index in [0.717, 1.165) is 62.2 Å². The van der Waals surface area contributed by atoms with Gasteiger partial charge in [0, 0.05) is 51.0 Å². The first-order valence-electron chi connectivity index (χ1n) is 10.2. The fourth-order valence-electron chi connectivity index (χ4n) is 3.92. The van der Waals surface area contributed by atoms with E-state index in [0.29, 0.717) is 0 Å². The van der Waals surface area contributed by atoms with Gasteiger partial charge in [-0.25, -0.2) is 9.97 Å². The summed E-state index contributed by atoms with van der Waals surface area (Å²) in [6.45, 7) is 12.8. The number of benzene rings is 1. The minimum Gasteiger partial charge on any atom is -0.354 e. The molecule has 0 radical (unpaired) electrons. The minimum absolute atomic E-state index is 0.193. The molecule has 1 atom stereocenters. The van der Waals surface area contributed by atoms with Gasteiger partial charge >= 0.3 is 0 Å². The van der Waals surface area contributed by atoms with Gasteiger partial charge in [-0.15, -0.1) is 0 Å². The molecule has 1 aromatic carbocycles. The Balaban J connectivity index is 1.78. The third-order valence-electron chi connectivity index (χ3n) is 5.38. The Morgan fingerprint density at radius 3 is 2.25 bits per heavy atom. The maximum Gasteiger partial charge on any atom is 0.244 e. The maximum absolute atomic E-state index is 13.3. The first-order chi connectivity index (χ1) is 13.5. The van der Waals surface area contributed by atoms with Gasteiger partial charge in [0.1, 0.15) is 17.7 Å². The molecule has 6 nitrogen and oxygen atoms in total. The Morgan fingerprint density at radius 1 is 1.04 bits per heavy atom. The van der Waals surface area contributed by atoms with Gasteiger partial charge in [0.15, 0.2) is 0 Å². The summed E-state index contributed by atoms with van der Waals surface area (Å²) in [6, 6.07) is 12.0. The summed E-state index contributed by atoms with van der Waals surface area (Å²) in [5.74, 6) is 1.98. The standard InChI is InChI=1S/C22H31N5O/c1-5-25(6-2)22(28)21(19-10-8-7-9-11-19)27-14-12-26(13-15-27)20-16-17(3)23-18(4)24-20/h7-11,16,21H,5-6,12-15H2,1-4H3. The van der Waals surface area contributed by atoms with Gasteiger partial charge in [-0.1, -0.05) is 30.3 Å². The van der Waals surface area contributed by atoms with Crippen LogP contribution in [0.1, 0.15) is 37.0 Å². The van der Waals surface area contributed by atoms with Gasteiger partial charge < -0.3 is 9.80 Å². The van der Waals surface area contributed by atoms with Crippen molar-refractivity contribution in [1.29, 1.82) is 0 Å². The van der Waals surface area contributed by atoms with Crippen molar-refractivity contribution in [3.8, 4) is 0 Å². The number of amides is 1. The predicted octanol–water partition coefficient (Wildman–Crippen LogP) is 2.83. The zero-order valence-electron chi connectivity index (χ0n) is 17.4. The number of hydrogen-bond acceptors (Lipinski definition) is 5. The van der Waals surface area contributed by atoms with Crippen LogP contribution in [0.4, 0.5) is 5.82 Å². The van der Waals surface area contributed by atoms with Crippen LogP contribution in [-0.4, -0.2) is 64.9 Å². The SMILES string of the molecule is CCN(CC)C(=O)C(c1ccccc1)N1CCN(c2cc(C)nc(C)n2)CC1. The Morgan fingerprint density at radius 2 is 1.68 bits per heavy atom. The van der Waals surface area contributed by atoms with E-state index >= 15 is 0 Å². The van der Waals surface area contributed by atoms with Crippen molar-refractivity contribution in [2.75, 3.05) is 44.2 Å². The number of likely N-dealkylation sites (N-methyl/N-ethyl adjacent to an activating group) is 1. The van der Waals surface area contributed by atoms with Gasteiger partial charge in [0.05, 0.1) is 0 Å². The number of hydrogen-bond donors (Lipinski definition) is 0.